The lowest BCUT2D eigenvalue weighted by atomic mass is 9.98. The summed E-state index contributed by atoms with van der Waals surface area (Å²) in [7, 11) is 1.49. The van der Waals surface area contributed by atoms with Crippen LogP contribution in [0, 0.1) is 12.7 Å². The van der Waals surface area contributed by atoms with Gasteiger partial charge in [0.15, 0.2) is 0 Å². The smallest absolute Gasteiger partial charge is 0.326 e. The van der Waals surface area contributed by atoms with Crippen LogP contribution < -0.4 is 11.2 Å². The number of aliphatic hydroxyl groups is 1. The molecule has 0 aliphatic rings. The molecule has 6 nitrogen and oxygen atoms in total. The van der Waals surface area contributed by atoms with E-state index in [1.165, 1.54) is 31.0 Å². The Hall–Kier alpha value is -2.13. The van der Waals surface area contributed by atoms with E-state index < -0.39 is 23.2 Å². The molecule has 0 spiro atoms. The quantitative estimate of drug-likeness (QED) is 0.528. The average molecular weight is 425 g/mol. The summed E-state index contributed by atoms with van der Waals surface area (Å²) >= 11 is 7.29. The van der Waals surface area contributed by atoms with Gasteiger partial charge in [0.05, 0.1) is 28.6 Å². The number of aliphatic hydroxyl groups excluding tert-OH is 1. The summed E-state index contributed by atoms with van der Waals surface area (Å²) in [6.45, 7) is 1.64. The molecule has 2 aromatic carbocycles. The molecule has 28 heavy (non-hydrogen) atoms. The van der Waals surface area contributed by atoms with E-state index in [9.17, 15) is 19.1 Å². The molecular formula is C19H18ClFN2O4S. The summed E-state index contributed by atoms with van der Waals surface area (Å²) in [5.74, 6) is -0.162. The molecule has 1 aromatic heterocycles. The van der Waals surface area contributed by atoms with Crippen molar-refractivity contribution in [3.05, 3.63) is 61.5 Å². The van der Waals surface area contributed by atoms with E-state index in [0.29, 0.717) is 32.7 Å². The van der Waals surface area contributed by atoms with Crippen molar-refractivity contribution in [2.24, 2.45) is 0 Å². The maximum atomic E-state index is 13.6. The van der Waals surface area contributed by atoms with Crippen molar-refractivity contribution >= 4 is 34.3 Å². The third-order valence-corrected chi connectivity index (χ3v) is 5.87. The lowest BCUT2D eigenvalue weighted by molar-refractivity contribution is 0.0656. The summed E-state index contributed by atoms with van der Waals surface area (Å²) in [6, 6.07) is 6.02. The maximum absolute atomic E-state index is 13.6. The highest BCUT2D eigenvalue weighted by atomic mass is 35.5. The molecular weight excluding hydrogens is 407 g/mol. The minimum atomic E-state index is -0.628. The van der Waals surface area contributed by atoms with Crippen LogP contribution in [0.5, 0.6) is 0 Å². The van der Waals surface area contributed by atoms with Gasteiger partial charge in [-0.3, -0.25) is 9.78 Å². The Morgan fingerprint density at radius 3 is 2.68 bits per heavy atom. The SMILES string of the molecule is CO[C@@H](CO)CSc1c(-c2ccc(F)c(Cl)c2)c(C)cc2c(=O)[nH]c(=O)[nH]c12. The number of methoxy groups -OCH3 is 1. The minimum Gasteiger partial charge on any atom is -0.394 e. The van der Waals surface area contributed by atoms with Crippen molar-refractivity contribution in [3.63, 3.8) is 0 Å². The molecule has 3 rings (SSSR count). The minimum absolute atomic E-state index is 0.0301. The van der Waals surface area contributed by atoms with Gasteiger partial charge in [-0.05, 0) is 36.2 Å². The highest BCUT2D eigenvalue weighted by molar-refractivity contribution is 7.99. The number of ether oxygens (including phenoxy) is 1. The van der Waals surface area contributed by atoms with Gasteiger partial charge in [-0.2, -0.15) is 0 Å². The largest absolute Gasteiger partial charge is 0.394 e. The van der Waals surface area contributed by atoms with E-state index >= 15 is 0 Å². The number of nitrogens with one attached hydrogen (secondary N) is 2. The standard InChI is InChI=1S/C19H18ClFN2O4S/c1-9-5-12-16(22-19(26)23-18(12)25)17(28-8-11(7-24)27-2)15(9)10-3-4-14(21)13(20)6-10/h3-6,11,24H,7-8H2,1-2H3,(H2,22,23,25,26)/t11-/m0/s1. The van der Waals surface area contributed by atoms with Crippen LogP contribution in [0.3, 0.4) is 0 Å². The first kappa shape index (κ1) is 20.6. The Bertz CT molecular complexity index is 1140. The van der Waals surface area contributed by atoms with E-state index in [2.05, 4.69) is 9.97 Å². The predicted molar refractivity (Wildman–Crippen MR) is 109 cm³/mol. The Morgan fingerprint density at radius 2 is 2.04 bits per heavy atom. The van der Waals surface area contributed by atoms with Crippen LogP contribution in [0.1, 0.15) is 5.56 Å². The summed E-state index contributed by atoms with van der Waals surface area (Å²) in [5, 5.41) is 9.70. The number of thioether (sulfide) groups is 1. The van der Waals surface area contributed by atoms with Gasteiger partial charge >= 0.3 is 5.69 Å². The third-order valence-electron chi connectivity index (χ3n) is 4.35. The molecule has 0 saturated heterocycles. The monoisotopic (exact) mass is 424 g/mol. The molecule has 1 heterocycles. The number of hydrogen-bond acceptors (Lipinski definition) is 5. The van der Waals surface area contributed by atoms with Crippen LogP contribution in [0.2, 0.25) is 5.02 Å². The van der Waals surface area contributed by atoms with E-state index in [-0.39, 0.29) is 11.6 Å². The number of halogens is 2. The molecule has 0 unspecified atom stereocenters. The number of benzene rings is 2. The summed E-state index contributed by atoms with van der Waals surface area (Å²) < 4.78 is 18.9. The maximum Gasteiger partial charge on any atom is 0.326 e. The van der Waals surface area contributed by atoms with Crippen LogP contribution in [-0.4, -0.2) is 40.6 Å². The number of aromatic amines is 2. The summed E-state index contributed by atoms with van der Waals surface area (Å²) in [6.07, 6.45) is -0.432. The van der Waals surface area contributed by atoms with Gasteiger partial charge in [-0.1, -0.05) is 17.7 Å². The van der Waals surface area contributed by atoms with Crippen molar-refractivity contribution in [2.75, 3.05) is 19.5 Å². The Labute approximate surface area is 168 Å². The number of aryl methyl sites for hydroxylation is 1. The van der Waals surface area contributed by atoms with Crippen LogP contribution in [-0.2, 0) is 4.74 Å². The Morgan fingerprint density at radius 1 is 1.29 bits per heavy atom. The molecule has 0 aliphatic heterocycles. The fourth-order valence-corrected chi connectivity index (χ4v) is 4.44. The first-order valence-electron chi connectivity index (χ1n) is 8.37. The molecule has 0 radical (unpaired) electrons. The fraction of sp³-hybridized carbons (Fsp3) is 0.263. The number of rotatable bonds is 6. The van der Waals surface area contributed by atoms with Crippen LogP contribution in [0.4, 0.5) is 4.39 Å². The zero-order chi connectivity index (χ0) is 20.4. The van der Waals surface area contributed by atoms with Crippen molar-refractivity contribution in [1.82, 2.24) is 9.97 Å². The van der Waals surface area contributed by atoms with E-state index in [1.807, 2.05) is 6.92 Å². The van der Waals surface area contributed by atoms with Crippen LogP contribution in [0.25, 0.3) is 22.0 Å². The van der Waals surface area contributed by atoms with Crippen LogP contribution in [0.15, 0.2) is 38.8 Å². The summed E-state index contributed by atoms with van der Waals surface area (Å²) in [5.41, 5.74) is 1.36. The first-order valence-corrected chi connectivity index (χ1v) is 9.73. The number of H-pyrrole nitrogens is 2. The van der Waals surface area contributed by atoms with Crippen LogP contribution >= 0.6 is 23.4 Å². The number of aromatic nitrogens is 2. The Balaban J connectivity index is 2.30. The summed E-state index contributed by atoms with van der Waals surface area (Å²) in [4.78, 5) is 29.7. The fourth-order valence-electron chi connectivity index (χ4n) is 2.93. The van der Waals surface area contributed by atoms with Gasteiger partial charge in [0, 0.05) is 23.3 Å². The molecule has 1 atom stereocenters. The molecule has 3 aromatic rings. The number of fused-ring (bicyclic) bond motifs is 1. The number of hydrogen-bond donors (Lipinski definition) is 3. The highest BCUT2D eigenvalue weighted by Crippen LogP contribution is 2.39. The topological polar surface area (TPSA) is 95.2 Å². The molecule has 0 bridgehead atoms. The zero-order valence-corrected chi connectivity index (χ0v) is 16.7. The average Bonchev–Trinajstić information content (AvgIpc) is 2.65. The first-order chi connectivity index (χ1) is 13.3. The van der Waals surface area contributed by atoms with Gasteiger partial charge in [0.25, 0.3) is 5.56 Å². The highest BCUT2D eigenvalue weighted by Gasteiger charge is 2.19. The van der Waals surface area contributed by atoms with Gasteiger partial charge in [0.2, 0.25) is 0 Å². The molecule has 3 N–H and O–H groups in total. The molecule has 0 fully saturated rings. The predicted octanol–water partition coefficient (Wildman–Crippen LogP) is 3.08. The molecule has 0 saturated carbocycles. The molecule has 9 heteroatoms. The van der Waals surface area contributed by atoms with E-state index in [0.717, 1.165) is 5.56 Å². The zero-order valence-electron chi connectivity index (χ0n) is 15.1. The Kier molecular flexibility index (Phi) is 6.24. The molecule has 0 amide bonds. The van der Waals surface area contributed by atoms with Gasteiger partial charge < -0.3 is 14.8 Å². The van der Waals surface area contributed by atoms with Crippen molar-refractivity contribution < 1.29 is 14.2 Å². The van der Waals surface area contributed by atoms with Crippen molar-refractivity contribution in [2.45, 2.75) is 17.9 Å². The van der Waals surface area contributed by atoms with Gasteiger partial charge in [-0.25, -0.2) is 9.18 Å². The second kappa shape index (κ2) is 8.48. The van der Waals surface area contributed by atoms with Gasteiger partial charge in [0.1, 0.15) is 5.82 Å². The lowest BCUT2D eigenvalue weighted by Crippen LogP contribution is -2.23. The second-order valence-electron chi connectivity index (χ2n) is 6.21. The third kappa shape index (κ3) is 4.00. The van der Waals surface area contributed by atoms with Crippen molar-refractivity contribution in [1.29, 1.82) is 0 Å². The van der Waals surface area contributed by atoms with E-state index in [1.54, 1.807) is 12.1 Å². The molecule has 0 aliphatic carbocycles. The van der Waals surface area contributed by atoms with Gasteiger partial charge in [-0.15, -0.1) is 11.8 Å². The molecule has 148 valence electrons. The van der Waals surface area contributed by atoms with E-state index in [4.69, 9.17) is 16.3 Å². The normalized spacial score (nSPS) is 12.5. The lowest BCUT2D eigenvalue weighted by Gasteiger charge is -2.18. The second-order valence-corrected chi connectivity index (χ2v) is 7.65. The van der Waals surface area contributed by atoms with Crippen molar-refractivity contribution in [3.8, 4) is 11.1 Å².